The van der Waals surface area contributed by atoms with Crippen LogP contribution in [0.5, 0.6) is 0 Å². The van der Waals surface area contributed by atoms with Crippen molar-refractivity contribution in [2.24, 2.45) is 5.73 Å². The molecular weight excluding hydrogens is 198 g/mol. The summed E-state index contributed by atoms with van der Waals surface area (Å²) in [7, 11) is 0. The predicted octanol–water partition coefficient (Wildman–Crippen LogP) is 3.75. The Morgan fingerprint density at radius 2 is 1.81 bits per heavy atom. The highest BCUT2D eigenvalue weighted by Crippen LogP contribution is 2.37. The van der Waals surface area contributed by atoms with Gasteiger partial charge in [0.2, 0.25) is 0 Å². The molecule has 0 aliphatic carbocycles. The Bertz CT molecular complexity index is 503. The molecule has 16 heavy (non-hydrogen) atoms. The van der Waals surface area contributed by atoms with E-state index in [1.54, 1.807) is 0 Å². The van der Waals surface area contributed by atoms with Crippen LogP contribution >= 0.6 is 0 Å². The quantitative estimate of drug-likeness (QED) is 0.790. The Hall–Kier alpha value is -1.28. The zero-order valence-corrected chi connectivity index (χ0v) is 10.4. The minimum absolute atomic E-state index is 0.0512. The van der Waals surface area contributed by atoms with Crippen LogP contribution in [0.3, 0.4) is 0 Å². The third-order valence-corrected chi connectivity index (χ3v) is 2.79. The molecule has 1 atom stereocenters. The summed E-state index contributed by atoms with van der Waals surface area (Å²) in [6.07, 6.45) is 0. The highest BCUT2D eigenvalue weighted by atomic mass is 16.3. The Kier molecular flexibility index (Phi) is 2.55. The Morgan fingerprint density at radius 3 is 2.38 bits per heavy atom. The first-order chi connectivity index (χ1) is 7.41. The van der Waals surface area contributed by atoms with E-state index < -0.39 is 0 Å². The van der Waals surface area contributed by atoms with Crippen LogP contribution in [-0.4, -0.2) is 0 Å². The minimum Gasteiger partial charge on any atom is -0.459 e. The smallest absolute Gasteiger partial charge is 0.134 e. The number of benzene rings is 1. The standard InChI is InChI=1S/C14H19NO/c1-9(15)13-12(14(2,3)4)10-7-5-6-8-11(10)16-13/h5-9H,15H2,1-4H3. The third kappa shape index (κ3) is 1.74. The van der Waals surface area contributed by atoms with Gasteiger partial charge in [0, 0.05) is 10.9 Å². The van der Waals surface area contributed by atoms with Crippen molar-refractivity contribution in [1.82, 2.24) is 0 Å². The summed E-state index contributed by atoms with van der Waals surface area (Å²) < 4.78 is 5.86. The first-order valence-corrected chi connectivity index (χ1v) is 5.68. The number of furan rings is 1. The zero-order valence-electron chi connectivity index (χ0n) is 10.4. The van der Waals surface area contributed by atoms with Crippen molar-refractivity contribution >= 4 is 11.0 Å². The fourth-order valence-electron chi connectivity index (χ4n) is 2.16. The Morgan fingerprint density at radius 1 is 1.19 bits per heavy atom. The summed E-state index contributed by atoms with van der Waals surface area (Å²) in [6, 6.07) is 8.06. The molecule has 1 unspecified atom stereocenters. The SMILES string of the molecule is CC(N)c1oc2ccccc2c1C(C)(C)C. The molecular formula is C14H19NO. The number of hydrogen-bond donors (Lipinski definition) is 1. The van der Waals surface area contributed by atoms with Crippen molar-refractivity contribution in [3.05, 3.63) is 35.6 Å². The lowest BCUT2D eigenvalue weighted by atomic mass is 9.84. The highest BCUT2D eigenvalue weighted by molar-refractivity contribution is 5.83. The lowest BCUT2D eigenvalue weighted by molar-refractivity contribution is 0.480. The van der Waals surface area contributed by atoms with Crippen LogP contribution in [0.4, 0.5) is 0 Å². The normalized spacial score (nSPS) is 14.3. The average molecular weight is 217 g/mol. The predicted molar refractivity (Wildman–Crippen MR) is 67.5 cm³/mol. The van der Waals surface area contributed by atoms with Gasteiger partial charge in [-0.3, -0.25) is 0 Å². The van der Waals surface area contributed by atoms with Gasteiger partial charge >= 0.3 is 0 Å². The fourth-order valence-corrected chi connectivity index (χ4v) is 2.16. The molecule has 1 aromatic heterocycles. The molecule has 2 N–H and O–H groups in total. The first kappa shape index (κ1) is 11.2. The van der Waals surface area contributed by atoms with Crippen LogP contribution in [-0.2, 0) is 5.41 Å². The van der Waals surface area contributed by atoms with Crippen LogP contribution in [0, 0.1) is 0 Å². The van der Waals surface area contributed by atoms with Gasteiger partial charge in [-0.15, -0.1) is 0 Å². The van der Waals surface area contributed by atoms with Gasteiger partial charge in [0.1, 0.15) is 11.3 Å². The third-order valence-electron chi connectivity index (χ3n) is 2.79. The van der Waals surface area contributed by atoms with Crippen molar-refractivity contribution in [3.8, 4) is 0 Å². The van der Waals surface area contributed by atoms with E-state index in [2.05, 4.69) is 26.8 Å². The van der Waals surface area contributed by atoms with Gasteiger partial charge in [-0.25, -0.2) is 0 Å². The summed E-state index contributed by atoms with van der Waals surface area (Å²) >= 11 is 0. The van der Waals surface area contributed by atoms with E-state index in [0.29, 0.717) is 0 Å². The number of para-hydroxylation sites is 1. The number of fused-ring (bicyclic) bond motifs is 1. The summed E-state index contributed by atoms with van der Waals surface area (Å²) in [6.45, 7) is 8.54. The van der Waals surface area contributed by atoms with E-state index >= 15 is 0 Å². The molecule has 86 valence electrons. The van der Waals surface area contributed by atoms with Crippen molar-refractivity contribution in [2.75, 3.05) is 0 Å². The number of hydrogen-bond acceptors (Lipinski definition) is 2. The van der Waals surface area contributed by atoms with Crippen molar-refractivity contribution < 1.29 is 4.42 Å². The van der Waals surface area contributed by atoms with E-state index in [4.69, 9.17) is 10.2 Å². The van der Waals surface area contributed by atoms with Crippen LogP contribution < -0.4 is 5.73 Å². The van der Waals surface area contributed by atoms with E-state index in [1.807, 2.05) is 25.1 Å². The van der Waals surface area contributed by atoms with E-state index in [9.17, 15) is 0 Å². The van der Waals surface area contributed by atoms with E-state index in [0.717, 1.165) is 11.3 Å². The molecule has 0 aliphatic rings. The van der Waals surface area contributed by atoms with Gasteiger partial charge in [0.05, 0.1) is 6.04 Å². The second-order valence-electron chi connectivity index (χ2n) is 5.38. The molecule has 0 amide bonds. The summed E-state index contributed by atoms with van der Waals surface area (Å²) in [5.41, 5.74) is 8.20. The molecule has 0 fully saturated rings. The molecule has 0 spiro atoms. The average Bonchev–Trinajstić information content (AvgIpc) is 2.55. The highest BCUT2D eigenvalue weighted by Gasteiger charge is 2.26. The summed E-state index contributed by atoms with van der Waals surface area (Å²) in [5.74, 6) is 0.911. The molecule has 1 heterocycles. The molecule has 2 aromatic rings. The second-order valence-corrected chi connectivity index (χ2v) is 5.38. The van der Waals surface area contributed by atoms with Crippen molar-refractivity contribution in [1.29, 1.82) is 0 Å². The zero-order chi connectivity index (χ0) is 11.9. The Balaban J connectivity index is 2.80. The van der Waals surface area contributed by atoms with Gasteiger partial charge in [0.15, 0.2) is 0 Å². The largest absolute Gasteiger partial charge is 0.459 e. The van der Waals surface area contributed by atoms with Gasteiger partial charge in [-0.05, 0) is 18.4 Å². The maximum Gasteiger partial charge on any atom is 0.134 e. The van der Waals surface area contributed by atoms with E-state index in [1.165, 1.54) is 10.9 Å². The minimum atomic E-state index is -0.0679. The van der Waals surface area contributed by atoms with Crippen LogP contribution in [0.1, 0.15) is 45.1 Å². The Labute approximate surface area is 96.4 Å². The molecule has 1 aromatic carbocycles. The molecule has 0 bridgehead atoms. The maximum atomic E-state index is 5.98. The van der Waals surface area contributed by atoms with Crippen LogP contribution in [0.15, 0.2) is 28.7 Å². The second kappa shape index (κ2) is 3.63. The fraction of sp³-hybridized carbons (Fsp3) is 0.429. The molecule has 0 radical (unpaired) electrons. The van der Waals surface area contributed by atoms with Gasteiger partial charge in [-0.2, -0.15) is 0 Å². The van der Waals surface area contributed by atoms with Crippen molar-refractivity contribution in [3.63, 3.8) is 0 Å². The molecule has 0 aliphatic heterocycles. The molecule has 0 saturated heterocycles. The lowest BCUT2D eigenvalue weighted by Gasteiger charge is -2.20. The maximum absolute atomic E-state index is 5.98. The van der Waals surface area contributed by atoms with E-state index in [-0.39, 0.29) is 11.5 Å². The first-order valence-electron chi connectivity index (χ1n) is 5.68. The van der Waals surface area contributed by atoms with Crippen molar-refractivity contribution in [2.45, 2.75) is 39.2 Å². The summed E-state index contributed by atoms with van der Waals surface area (Å²) in [4.78, 5) is 0. The molecule has 0 saturated carbocycles. The number of rotatable bonds is 1. The molecule has 2 heteroatoms. The molecule has 2 rings (SSSR count). The number of nitrogens with two attached hydrogens (primary N) is 1. The monoisotopic (exact) mass is 217 g/mol. The lowest BCUT2D eigenvalue weighted by Crippen LogP contribution is -2.16. The topological polar surface area (TPSA) is 39.2 Å². The van der Waals surface area contributed by atoms with Crippen LogP contribution in [0.25, 0.3) is 11.0 Å². The summed E-state index contributed by atoms with van der Waals surface area (Å²) in [5, 5.41) is 1.18. The van der Waals surface area contributed by atoms with Gasteiger partial charge in [0.25, 0.3) is 0 Å². The van der Waals surface area contributed by atoms with Gasteiger partial charge in [-0.1, -0.05) is 39.0 Å². The van der Waals surface area contributed by atoms with Crippen LogP contribution in [0.2, 0.25) is 0 Å². The molecule has 2 nitrogen and oxygen atoms in total. The van der Waals surface area contributed by atoms with Gasteiger partial charge < -0.3 is 10.2 Å².